The number of likely N-dealkylation sites (N-methyl/N-ethyl adjacent to an activating group) is 1. The van der Waals surface area contributed by atoms with E-state index in [0.29, 0.717) is 12.3 Å². The lowest BCUT2D eigenvalue weighted by molar-refractivity contribution is -0.225. The summed E-state index contributed by atoms with van der Waals surface area (Å²) in [4.78, 5) is 1.53. The fourth-order valence-corrected chi connectivity index (χ4v) is 1.84. The number of rotatable bonds is 8. The van der Waals surface area contributed by atoms with Crippen molar-refractivity contribution in [3.8, 4) is 5.75 Å². The van der Waals surface area contributed by atoms with Crippen molar-refractivity contribution in [1.29, 1.82) is 0 Å². The highest BCUT2D eigenvalue weighted by atomic mass is 19.4. The van der Waals surface area contributed by atoms with Crippen molar-refractivity contribution in [3.05, 3.63) is 29.8 Å². The number of methoxy groups -OCH3 is 1. The van der Waals surface area contributed by atoms with Crippen LogP contribution in [0.15, 0.2) is 24.3 Å². The normalized spacial score (nSPS) is 13.5. The molecule has 0 heterocycles. The highest BCUT2D eigenvalue weighted by molar-refractivity contribution is 5.27. The third-order valence-corrected chi connectivity index (χ3v) is 2.86. The van der Waals surface area contributed by atoms with Crippen LogP contribution in [0.1, 0.15) is 5.56 Å². The van der Waals surface area contributed by atoms with Gasteiger partial charge in [0.25, 0.3) is 0 Å². The van der Waals surface area contributed by atoms with Gasteiger partial charge in [-0.25, -0.2) is 0 Å². The zero-order chi connectivity index (χ0) is 15.9. The van der Waals surface area contributed by atoms with Crippen molar-refractivity contribution in [3.63, 3.8) is 0 Å². The average molecular weight is 307 g/mol. The molecule has 1 aromatic carbocycles. The van der Waals surface area contributed by atoms with Crippen LogP contribution >= 0.6 is 0 Å². The zero-order valence-electron chi connectivity index (χ0n) is 12.1. The molecule has 7 heteroatoms. The van der Waals surface area contributed by atoms with Gasteiger partial charge in [0, 0.05) is 13.1 Å². The summed E-state index contributed by atoms with van der Waals surface area (Å²) in [5.41, 5.74) is 0.876. The quantitative estimate of drug-likeness (QED) is 0.798. The maximum atomic E-state index is 12.8. The van der Waals surface area contributed by atoms with Gasteiger partial charge in [-0.3, -0.25) is 4.90 Å². The molecule has 0 aliphatic rings. The van der Waals surface area contributed by atoms with E-state index in [2.05, 4.69) is 4.74 Å². The maximum absolute atomic E-state index is 12.8. The highest BCUT2D eigenvalue weighted by Gasteiger charge is 2.41. The lowest BCUT2D eigenvalue weighted by Gasteiger charge is -2.26. The third-order valence-electron chi connectivity index (χ3n) is 2.86. The van der Waals surface area contributed by atoms with Crippen LogP contribution in [0.4, 0.5) is 13.2 Å². The molecule has 21 heavy (non-hydrogen) atoms. The summed E-state index contributed by atoms with van der Waals surface area (Å²) in [5.74, 6) is 0.695. The second kappa shape index (κ2) is 8.21. The minimum Gasteiger partial charge on any atom is -0.497 e. The molecule has 4 nitrogen and oxygen atoms in total. The Labute approximate surface area is 122 Å². The van der Waals surface area contributed by atoms with Crippen LogP contribution in [0.2, 0.25) is 0 Å². The highest BCUT2D eigenvalue weighted by Crippen LogP contribution is 2.24. The van der Waals surface area contributed by atoms with Gasteiger partial charge in [0.2, 0.25) is 0 Å². The van der Waals surface area contributed by atoms with E-state index < -0.39 is 18.9 Å². The topological polar surface area (TPSA) is 41.9 Å². The van der Waals surface area contributed by atoms with E-state index >= 15 is 0 Å². The van der Waals surface area contributed by atoms with Crippen molar-refractivity contribution in [2.75, 3.05) is 33.9 Å². The van der Waals surface area contributed by atoms with E-state index in [-0.39, 0.29) is 13.2 Å². The molecule has 0 radical (unpaired) electrons. The standard InChI is InChI=1S/C14H20F3NO3/c1-18(9-11-3-5-12(20-2)6-4-11)10-13(14(15,16)17)21-8-7-19/h3-6,13,19H,7-10H2,1-2H3. The largest absolute Gasteiger partial charge is 0.497 e. The molecule has 1 rings (SSSR count). The number of hydrogen-bond donors (Lipinski definition) is 1. The Morgan fingerprint density at radius 3 is 2.33 bits per heavy atom. The molecule has 0 amide bonds. The van der Waals surface area contributed by atoms with Crippen LogP contribution in [0, 0.1) is 0 Å². The molecule has 0 aliphatic carbocycles. The van der Waals surface area contributed by atoms with Crippen LogP contribution in [-0.2, 0) is 11.3 Å². The molecule has 0 saturated carbocycles. The Morgan fingerprint density at radius 1 is 1.24 bits per heavy atom. The zero-order valence-corrected chi connectivity index (χ0v) is 12.1. The molecule has 1 N–H and O–H groups in total. The van der Waals surface area contributed by atoms with Gasteiger partial charge in [-0.05, 0) is 24.7 Å². The van der Waals surface area contributed by atoms with Gasteiger partial charge in [-0.1, -0.05) is 12.1 Å². The first-order valence-corrected chi connectivity index (χ1v) is 6.47. The van der Waals surface area contributed by atoms with E-state index in [0.717, 1.165) is 5.56 Å². The van der Waals surface area contributed by atoms with Crippen molar-refractivity contribution in [1.82, 2.24) is 4.90 Å². The fourth-order valence-electron chi connectivity index (χ4n) is 1.84. The summed E-state index contributed by atoms with van der Waals surface area (Å²) >= 11 is 0. The van der Waals surface area contributed by atoms with Crippen molar-refractivity contribution < 1.29 is 27.8 Å². The maximum Gasteiger partial charge on any atom is 0.415 e. The first kappa shape index (κ1) is 17.7. The molecule has 120 valence electrons. The predicted molar refractivity (Wildman–Crippen MR) is 72.2 cm³/mol. The average Bonchev–Trinajstić information content (AvgIpc) is 2.43. The van der Waals surface area contributed by atoms with Gasteiger partial charge < -0.3 is 14.6 Å². The van der Waals surface area contributed by atoms with E-state index in [1.54, 1.807) is 38.4 Å². The Bertz CT molecular complexity index is 409. The first-order valence-electron chi connectivity index (χ1n) is 6.47. The molecule has 0 fully saturated rings. The molecule has 0 bridgehead atoms. The van der Waals surface area contributed by atoms with E-state index in [1.165, 1.54) is 4.90 Å². The van der Waals surface area contributed by atoms with E-state index in [4.69, 9.17) is 9.84 Å². The Hall–Kier alpha value is -1.31. The summed E-state index contributed by atoms with van der Waals surface area (Å²) < 4.78 is 48.1. The molecule has 0 spiro atoms. The molecule has 0 aliphatic heterocycles. The smallest absolute Gasteiger partial charge is 0.415 e. The van der Waals surface area contributed by atoms with Gasteiger partial charge in [0.15, 0.2) is 6.10 Å². The lowest BCUT2D eigenvalue weighted by Crippen LogP contribution is -2.41. The third kappa shape index (κ3) is 6.33. The molecule has 1 atom stereocenters. The summed E-state index contributed by atoms with van der Waals surface area (Å²) in [7, 11) is 3.14. The van der Waals surface area contributed by atoms with Crippen molar-refractivity contribution in [2.24, 2.45) is 0 Å². The molecular weight excluding hydrogens is 287 g/mol. The molecular formula is C14H20F3NO3. The number of nitrogens with zero attached hydrogens (tertiary/aromatic N) is 1. The Balaban J connectivity index is 2.57. The summed E-state index contributed by atoms with van der Waals surface area (Å²) in [5, 5.41) is 8.58. The van der Waals surface area contributed by atoms with Gasteiger partial charge in [0.05, 0.1) is 20.3 Å². The van der Waals surface area contributed by atoms with Crippen molar-refractivity contribution >= 4 is 0 Å². The summed E-state index contributed by atoms with van der Waals surface area (Å²) in [6.07, 6.45) is -6.36. The SMILES string of the molecule is COc1ccc(CN(C)CC(OCCO)C(F)(F)F)cc1. The number of alkyl halides is 3. The van der Waals surface area contributed by atoms with Crippen molar-refractivity contribution in [2.45, 2.75) is 18.8 Å². The number of benzene rings is 1. The Kier molecular flexibility index (Phi) is 6.94. The van der Waals surface area contributed by atoms with Gasteiger partial charge >= 0.3 is 6.18 Å². The number of aliphatic hydroxyl groups excluding tert-OH is 1. The summed E-state index contributed by atoms with van der Waals surface area (Å²) in [6.45, 7) is -0.704. The first-order chi connectivity index (χ1) is 9.86. The van der Waals surface area contributed by atoms with Crippen LogP contribution in [0.3, 0.4) is 0 Å². The summed E-state index contributed by atoms with van der Waals surface area (Å²) in [6, 6.07) is 7.11. The van der Waals surface area contributed by atoms with Crippen LogP contribution in [-0.4, -0.2) is 56.2 Å². The number of aliphatic hydroxyl groups is 1. The number of ether oxygens (including phenoxy) is 2. The second-order valence-electron chi connectivity index (χ2n) is 4.67. The van der Waals surface area contributed by atoms with Gasteiger partial charge in [-0.2, -0.15) is 13.2 Å². The van der Waals surface area contributed by atoms with Crippen LogP contribution in [0.25, 0.3) is 0 Å². The number of hydrogen-bond acceptors (Lipinski definition) is 4. The van der Waals surface area contributed by atoms with Crippen LogP contribution < -0.4 is 4.74 Å². The van der Waals surface area contributed by atoms with Crippen LogP contribution in [0.5, 0.6) is 5.75 Å². The predicted octanol–water partition coefficient (Wildman–Crippen LogP) is 2.07. The fraction of sp³-hybridized carbons (Fsp3) is 0.571. The van der Waals surface area contributed by atoms with E-state index in [1.807, 2.05) is 0 Å². The minimum absolute atomic E-state index is 0.296. The number of halogens is 3. The van der Waals surface area contributed by atoms with E-state index in [9.17, 15) is 13.2 Å². The lowest BCUT2D eigenvalue weighted by atomic mass is 10.2. The molecule has 0 saturated heterocycles. The second-order valence-corrected chi connectivity index (χ2v) is 4.67. The minimum atomic E-state index is -4.46. The molecule has 1 unspecified atom stereocenters. The van der Waals surface area contributed by atoms with Gasteiger partial charge in [-0.15, -0.1) is 0 Å². The Morgan fingerprint density at radius 2 is 1.86 bits per heavy atom. The molecule has 0 aromatic heterocycles. The monoisotopic (exact) mass is 307 g/mol. The molecule has 1 aromatic rings. The van der Waals surface area contributed by atoms with Gasteiger partial charge in [0.1, 0.15) is 5.75 Å².